The number of hydrogen-bond donors (Lipinski definition) is 0. The van der Waals surface area contributed by atoms with Gasteiger partial charge >= 0.3 is 5.97 Å². The molecule has 2 aromatic rings. The molecule has 0 bridgehead atoms. The summed E-state index contributed by atoms with van der Waals surface area (Å²) in [4.78, 5) is 16.3. The lowest BCUT2D eigenvalue weighted by Gasteiger charge is -2.09. The Bertz CT molecular complexity index is 622. The topological polar surface area (TPSA) is 48.4 Å². The Kier molecular flexibility index (Phi) is 4.56. The molecule has 1 aromatic heterocycles. The molecule has 2 rings (SSSR count). The molecule has 0 atom stereocenters. The summed E-state index contributed by atoms with van der Waals surface area (Å²) in [5.41, 5.74) is 2.08. The third-order valence-corrected chi connectivity index (χ3v) is 3.08. The van der Waals surface area contributed by atoms with Crippen molar-refractivity contribution in [3.8, 4) is 5.75 Å². The van der Waals surface area contributed by atoms with E-state index in [2.05, 4.69) is 11.9 Å². The first-order valence-electron chi connectivity index (χ1n) is 6.78. The molecule has 0 saturated carbocycles. The van der Waals surface area contributed by atoms with Gasteiger partial charge in [0.05, 0.1) is 24.8 Å². The van der Waals surface area contributed by atoms with Gasteiger partial charge in [-0.3, -0.25) is 4.98 Å². The van der Waals surface area contributed by atoms with Crippen LogP contribution in [0.25, 0.3) is 10.9 Å². The van der Waals surface area contributed by atoms with E-state index in [-0.39, 0.29) is 5.97 Å². The molecule has 1 heterocycles. The maximum atomic E-state index is 11.9. The van der Waals surface area contributed by atoms with Crippen LogP contribution in [0.1, 0.15) is 35.8 Å². The lowest BCUT2D eigenvalue weighted by Crippen LogP contribution is -2.04. The van der Waals surface area contributed by atoms with Gasteiger partial charge in [0.2, 0.25) is 0 Å². The molecule has 0 spiro atoms. The third-order valence-electron chi connectivity index (χ3n) is 3.08. The van der Waals surface area contributed by atoms with E-state index >= 15 is 0 Å². The Morgan fingerprint density at radius 1 is 1.30 bits per heavy atom. The zero-order chi connectivity index (χ0) is 14.5. The molecule has 0 fully saturated rings. The van der Waals surface area contributed by atoms with Crippen molar-refractivity contribution in [1.29, 1.82) is 0 Å². The highest BCUT2D eigenvalue weighted by molar-refractivity contribution is 6.03. The summed E-state index contributed by atoms with van der Waals surface area (Å²) in [6.45, 7) is 4.65. The number of rotatable bonds is 5. The Morgan fingerprint density at radius 3 is 2.80 bits per heavy atom. The van der Waals surface area contributed by atoms with E-state index in [1.807, 2.05) is 25.1 Å². The maximum Gasteiger partial charge on any atom is 0.338 e. The van der Waals surface area contributed by atoms with Gasteiger partial charge in [-0.15, -0.1) is 0 Å². The molecule has 0 radical (unpaired) electrons. The second-order valence-corrected chi connectivity index (χ2v) is 4.68. The Labute approximate surface area is 118 Å². The largest absolute Gasteiger partial charge is 0.494 e. The summed E-state index contributed by atoms with van der Waals surface area (Å²) in [7, 11) is 1.38. The fourth-order valence-electron chi connectivity index (χ4n) is 2.04. The number of fused-ring (bicyclic) bond motifs is 1. The van der Waals surface area contributed by atoms with Crippen LogP contribution in [0.15, 0.2) is 24.3 Å². The van der Waals surface area contributed by atoms with Gasteiger partial charge in [-0.25, -0.2) is 4.79 Å². The fourth-order valence-corrected chi connectivity index (χ4v) is 2.04. The predicted molar refractivity (Wildman–Crippen MR) is 78.2 cm³/mol. The molecule has 0 aliphatic heterocycles. The van der Waals surface area contributed by atoms with Crippen LogP contribution in [-0.4, -0.2) is 24.7 Å². The van der Waals surface area contributed by atoms with E-state index in [4.69, 9.17) is 9.47 Å². The molecule has 0 saturated heterocycles. The number of pyridine rings is 1. The summed E-state index contributed by atoms with van der Waals surface area (Å²) in [5.74, 6) is 0.396. The molecule has 4 nitrogen and oxygen atoms in total. The second-order valence-electron chi connectivity index (χ2n) is 4.68. The molecule has 20 heavy (non-hydrogen) atoms. The normalized spacial score (nSPS) is 10.6. The third kappa shape index (κ3) is 3.07. The SMILES string of the molecule is CCCCOc1ccc2nc(C)cc(C(=O)OC)c2c1. The number of unbranched alkanes of at least 4 members (excludes halogenated alkanes) is 1. The van der Waals surface area contributed by atoms with Crippen molar-refractivity contribution in [2.75, 3.05) is 13.7 Å². The number of aryl methyl sites for hydroxylation is 1. The minimum Gasteiger partial charge on any atom is -0.494 e. The van der Waals surface area contributed by atoms with Crippen LogP contribution in [0.5, 0.6) is 5.75 Å². The van der Waals surface area contributed by atoms with Crippen molar-refractivity contribution >= 4 is 16.9 Å². The van der Waals surface area contributed by atoms with E-state index in [9.17, 15) is 4.79 Å². The van der Waals surface area contributed by atoms with Crippen LogP contribution in [0.4, 0.5) is 0 Å². The standard InChI is InChI=1S/C16H19NO3/c1-4-5-8-20-12-6-7-15-13(10-12)14(16(18)19-3)9-11(2)17-15/h6-7,9-10H,4-5,8H2,1-3H3. The quantitative estimate of drug-likeness (QED) is 0.618. The number of methoxy groups -OCH3 is 1. The van der Waals surface area contributed by atoms with Crippen LogP contribution in [0, 0.1) is 6.92 Å². The van der Waals surface area contributed by atoms with Crippen LogP contribution in [0.3, 0.4) is 0 Å². The lowest BCUT2D eigenvalue weighted by atomic mass is 10.1. The van der Waals surface area contributed by atoms with Gasteiger partial charge in [0.1, 0.15) is 5.75 Å². The van der Waals surface area contributed by atoms with E-state index in [1.165, 1.54) is 7.11 Å². The van der Waals surface area contributed by atoms with Crippen molar-refractivity contribution < 1.29 is 14.3 Å². The first-order chi connectivity index (χ1) is 9.65. The number of carbonyl (C=O) groups excluding carboxylic acids is 1. The average molecular weight is 273 g/mol. The molecular formula is C16H19NO3. The first kappa shape index (κ1) is 14.3. The van der Waals surface area contributed by atoms with Gasteiger partial charge in [-0.05, 0) is 37.6 Å². The number of aromatic nitrogens is 1. The van der Waals surface area contributed by atoms with E-state index in [0.717, 1.165) is 35.2 Å². The van der Waals surface area contributed by atoms with Gasteiger partial charge < -0.3 is 9.47 Å². The number of ether oxygens (including phenoxy) is 2. The summed E-state index contributed by atoms with van der Waals surface area (Å²) < 4.78 is 10.5. The summed E-state index contributed by atoms with van der Waals surface area (Å²) in [5, 5.41) is 0.761. The number of nitrogens with zero attached hydrogens (tertiary/aromatic N) is 1. The number of benzene rings is 1. The van der Waals surface area contributed by atoms with Gasteiger partial charge in [0.15, 0.2) is 0 Å². The number of esters is 1. The van der Waals surface area contributed by atoms with Crippen molar-refractivity contribution in [3.05, 3.63) is 35.5 Å². The van der Waals surface area contributed by atoms with E-state index in [1.54, 1.807) is 6.07 Å². The zero-order valence-electron chi connectivity index (χ0n) is 12.1. The fraction of sp³-hybridized carbons (Fsp3) is 0.375. The van der Waals surface area contributed by atoms with Crippen molar-refractivity contribution in [3.63, 3.8) is 0 Å². The molecule has 0 aliphatic carbocycles. The van der Waals surface area contributed by atoms with Crippen LogP contribution >= 0.6 is 0 Å². The van der Waals surface area contributed by atoms with Crippen molar-refractivity contribution in [2.24, 2.45) is 0 Å². The summed E-state index contributed by atoms with van der Waals surface area (Å²) in [6.07, 6.45) is 2.09. The monoisotopic (exact) mass is 273 g/mol. The molecule has 4 heteroatoms. The minimum absolute atomic E-state index is 0.355. The Balaban J connectivity index is 2.43. The smallest absolute Gasteiger partial charge is 0.338 e. The molecule has 0 amide bonds. The van der Waals surface area contributed by atoms with Crippen molar-refractivity contribution in [2.45, 2.75) is 26.7 Å². The van der Waals surface area contributed by atoms with Crippen molar-refractivity contribution in [1.82, 2.24) is 4.98 Å². The Morgan fingerprint density at radius 2 is 2.10 bits per heavy atom. The zero-order valence-corrected chi connectivity index (χ0v) is 12.1. The lowest BCUT2D eigenvalue weighted by molar-refractivity contribution is 0.0603. The molecule has 0 N–H and O–H groups in total. The highest BCUT2D eigenvalue weighted by Crippen LogP contribution is 2.24. The number of carbonyl (C=O) groups is 1. The summed E-state index contributed by atoms with van der Waals surface area (Å²) >= 11 is 0. The molecular weight excluding hydrogens is 254 g/mol. The molecule has 1 aromatic carbocycles. The number of hydrogen-bond acceptors (Lipinski definition) is 4. The van der Waals surface area contributed by atoms with Crippen LogP contribution in [0.2, 0.25) is 0 Å². The molecule has 0 aliphatic rings. The van der Waals surface area contributed by atoms with Gasteiger partial charge in [0, 0.05) is 11.1 Å². The van der Waals surface area contributed by atoms with Crippen LogP contribution < -0.4 is 4.74 Å². The van der Waals surface area contributed by atoms with Gasteiger partial charge in [-0.1, -0.05) is 13.3 Å². The predicted octanol–water partition coefficient (Wildman–Crippen LogP) is 3.51. The molecule has 106 valence electrons. The highest BCUT2D eigenvalue weighted by Gasteiger charge is 2.13. The van der Waals surface area contributed by atoms with Gasteiger partial charge in [0.25, 0.3) is 0 Å². The average Bonchev–Trinajstić information content (AvgIpc) is 2.46. The first-order valence-corrected chi connectivity index (χ1v) is 6.78. The van der Waals surface area contributed by atoms with E-state index in [0.29, 0.717) is 12.2 Å². The van der Waals surface area contributed by atoms with Crippen LogP contribution in [-0.2, 0) is 4.74 Å². The Hall–Kier alpha value is -2.10. The van der Waals surface area contributed by atoms with Gasteiger partial charge in [-0.2, -0.15) is 0 Å². The summed E-state index contributed by atoms with van der Waals surface area (Å²) in [6, 6.07) is 7.34. The highest BCUT2D eigenvalue weighted by atomic mass is 16.5. The van der Waals surface area contributed by atoms with E-state index < -0.39 is 0 Å². The minimum atomic E-state index is -0.355. The molecule has 0 unspecified atom stereocenters. The second kappa shape index (κ2) is 6.37. The maximum absolute atomic E-state index is 11.9.